The zero-order valence-electron chi connectivity index (χ0n) is 8.27. The van der Waals surface area contributed by atoms with Crippen LogP contribution in [0, 0.1) is 0 Å². The second-order valence-corrected chi connectivity index (χ2v) is 3.57. The minimum atomic E-state index is 0.804. The highest BCUT2D eigenvalue weighted by Gasteiger charge is 2.15. The van der Waals surface area contributed by atoms with E-state index in [-0.39, 0.29) is 0 Å². The van der Waals surface area contributed by atoms with Crippen molar-refractivity contribution in [3.63, 3.8) is 0 Å². The van der Waals surface area contributed by atoms with Gasteiger partial charge in [-0.3, -0.25) is 5.10 Å². The Hall–Kier alpha value is -1.69. The molecule has 2 aromatic rings. The summed E-state index contributed by atoms with van der Waals surface area (Å²) in [6, 6.07) is 0. The summed E-state index contributed by atoms with van der Waals surface area (Å²) in [7, 11) is 0. The summed E-state index contributed by atoms with van der Waals surface area (Å²) in [5.41, 5.74) is 0.804. The van der Waals surface area contributed by atoms with Crippen LogP contribution in [0.3, 0.4) is 0 Å². The van der Waals surface area contributed by atoms with Crippen LogP contribution in [0.4, 0.5) is 5.82 Å². The standard InChI is InChI=1S/C9H12N6/c1-3-15(4-2-10-1)9-7-5-13-14-8(7)11-6-12-9/h5-6,10H,1-4H2,(H,11,12,13,14). The molecular formula is C9H12N6. The topological polar surface area (TPSA) is 69.7 Å². The largest absolute Gasteiger partial charge is 0.353 e. The Morgan fingerprint density at radius 1 is 1.20 bits per heavy atom. The molecule has 78 valence electrons. The molecule has 6 nitrogen and oxygen atoms in total. The predicted molar refractivity (Wildman–Crippen MR) is 56.8 cm³/mol. The van der Waals surface area contributed by atoms with E-state index in [2.05, 4.69) is 30.4 Å². The van der Waals surface area contributed by atoms with Gasteiger partial charge in [0.15, 0.2) is 5.65 Å². The first-order valence-electron chi connectivity index (χ1n) is 5.05. The van der Waals surface area contributed by atoms with E-state index in [4.69, 9.17) is 0 Å². The van der Waals surface area contributed by atoms with Gasteiger partial charge in [-0.05, 0) is 0 Å². The maximum absolute atomic E-state index is 4.33. The van der Waals surface area contributed by atoms with Gasteiger partial charge in [-0.25, -0.2) is 9.97 Å². The summed E-state index contributed by atoms with van der Waals surface area (Å²) in [6.07, 6.45) is 3.37. The Balaban J connectivity index is 2.05. The first-order chi connectivity index (χ1) is 7.45. The second-order valence-electron chi connectivity index (χ2n) is 3.57. The number of hydrogen-bond donors (Lipinski definition) is 2. The fraction of sp³-hybridized carbons (Fsp3) is 0.444. The molecule has 0 aliphatic carbocycles. The molecule has 0 spiro atoms. The number of anilines is 1. The van der Waals surface area contributed by atoms with Crippen LogP contribution in [0.5, 0.6) is 0 Å². The Morgan fingerprint density at radius 3 is 2.93 bits per heavy atom. The Bertz CT molecular complexity index is 458. The van der Waals surface area contributed by atoms with Crippen molar-refractivity contribution in [3.8, 4) is 0 Å². The molecule has 2 N–H and O–H groups in total. The Kier molecular flexibility index (Phi) is 1.99. The van der Waals surface area contributed by atoms with Gasteiger partial charge in [0.1, 0.15) is 12.1 Å². The Morgan fingerprint density at radius 2 is 2.07 bits per heavy atom. The lowest BCUT2D eigenvalue weighted by Crippen LogP contribution is -2.43. The van der Waals surface area contributed by atoms with Crippen LogP contribution in [0.1, 0.15) is 0 Å². The average Bonchev–Trinajstić information content (AvgIpc) is 2.78. The molecule has 0 unspecified atom stereocenters. The summed E-state index contributed by atoms with van der Waals surface area (Å²) < 4.78 is 0. The molecule has 0 radical (unpaired) electrons. The van der Waals surface area contributed by atoms with E-state index in [1.165, 1.54) is 0 Å². The van der Waals surface area contributed by atoms with Gasteiger partial charge in [0.25, 0.3) is 0 Å². The van der Waals surface area contributed by atoms with E-state index in [0.29, 0.717) is 0 Å². The van der Waals surface area contributed by atoms with Gasteiger partial charge in [-0.1, -0.05) is 0 Å². The number of nitrogens with one attached hydrogen (secondary N) is 2. The van der Waals surface area contributed by atoms with Crippen molar-refractivity contribution in [3.05, 3.63) is 12.5 Å². The van der Waals surface area contributed by atoms with Gasteiger partial charge in [0.2, 0.25) is 0 Å². The lowest BCUT2D eigenvalue weighted by molar-refractivity contribution is 0.586. The quantitative estimate of drug-likeness (QED) is 0.671. The van der Waals surface area contributed by atoms with Gasteiger partial charge >= 0.3 is 0 Å². The smallest absolute Gasteiger partial charge is 0.160 e. The summed E-state index contributed by atoms with van der Waals surface area (Å²) in [5, 5.41) is 11.2. The van der Waals surface area contributed by atoms with Crippen molar-refractivity contribution < 1.29 is 0 Å². The molecule has 0 amide bonds. The summed E-state index contributed by atoms with van der Waals surface area (Å²) in [4.78, 5) is 10.7. The summed E-state index contributed by atoms with van der Waals surface area (Å²) in [6.45, 7) is 3.97. The molecule has 3 rings (SSSR count). The molecule has 1 aliphatic heterocycles. The van der Waals surface area contributed by atoms with Crippen LogP contribution in [0.15, 0.2) is 12.5 Å². The van der Waals surface area contributed by atoms with Crippen molar-refractivity contribution in [1.29, 1.82) is 0 Å². The van der Waals surface area contributed by atoms with E-state index in [1.54, 1.807) is 12.5 Å². The van der Waals surface area contributed by atoms with E-state index in [9.17, 15) is 0 Å². The number of H-pyrrole nitrogens is 1. The SMILES string of the molecule is c1nc(N2CCNCC2)c2cn[nH]c2n1. The number of piperazine rings is 1. The average molecular weight is 204 g/mol. The molecule has 1 fully saturated rings. The molecule has 6 heteroatoms. The normalized spacial score (nSPS) is 17.2. The monoisotopic (exact) mass is 204 g/mol. The Labute approximate surface area is 86.7 Å². The molecule has 15 heavy (non-hydrogen) atoms. The van der Waals surface area contributed by atoms with Gasteiger partial charge in [0, 0.05) is 26.2 Å². The van der Waals surface area contributed by atoms with Crippen molar-refractivity contribution in [2.45, 2.75) is 0 Å². The molecule has 2 aromatic heterocycles. The maximum atomic E-state index is 4.33. The molecule has 0 bridgehead atoms. The zero-order valence-corrected chi connectivity index (χ0v) is 8.27. The molecule has 1 aliphatic rings. The summed E-state index contributed by atoms with van der Waals surface area (Å²) in [5.74, 6) is 0.982. The number of fused-ring (bicyclic) bond motifs is 1. The molecule has 0 saturated carbocycles. The van der Waals surface area contributed by atoms with Gasteiger partial charge in [-0.15, -0.1) is 0 Å². The van der Waals surface area contributed by atoms with E-state index in [1.807, 2.05) is 0 Å². The third-order valence-electron chi connectivity index (χ3n) is 2.64. The molecule has 0 atom stereocenters. The molecule has 0 aromatic carbocycles. The third-order valence-corrected chi connectivity index (χ3v) is 2.64. The first kappa shape index (κ1) is 8.60. The van der Waals surface area contributed by atoms with Crippen LogP contribution in [0.2, 0.25) is 0 Å². The van der Waals surface area contributed by atoms with Gasteiger partial charge in [0.05, 0.1) is 11.6 Å². The fourth-order valence-electron chi connectivity index (χ4n) is 1.88. The molecule has 3 heterocycles. The van der Waals surface area contributed by atoms with Crippen LogP contribution in [-0.4, -0.2) is 46.3 Å². The predicted octanol–water partition coefficient (Wildman–Crippen LogP) is -0.238. The van der Waals surface area contributed by atoms with Crippen LogP contribution >= 0.6 is 0 Å². The maximum Gasteiger partial charge on any atom is 0.160 e. The minimum absolute atomic E-state index is 0.804. The van der Waals surface area contributed by atoms with Crippen molar-refractivity contribution in [1.82, 2.24) is 25.5 Å². The number of rotatable bonds is 1. The summed E-state index contributed by atoms with van der Waals surface area (Å²) >= 11 is 0. The zero-order chi connectivity index (χ0) is 10.1. The van der Waals surface area contributed by atoms with E-state index < -0.39 is 0 Å². The highest BCUT2D eigenvalue weighted by atomic mass is 15.2. The molecule has 1 saturated heterocycles. The highest BCUT2D eigenvalue weighted by Crippen LogP contribution is 2.20. The van der Waals surface area contributed by atoms with Crippen LogP contribution < -0.4 is 10.2 Å². The fourth-order valence-corrected chi connectivity index (χ4v) is 1.88. The van der Waals surface area contributed by atoms with E-state index >= 15 is 0 Å². The third kappa shape index (κ3) is 1.42. The number of hydrogen-bond acceptors (Lipinski definition) is 5. The second kappa shape index (κ2) is 3.47. The van der Waals surface area contributed by atoms with Crippen molar-refractivity contribution in [2.75, 3.05) is 31.1 Å². The highest BCUT2D eigenvalue weighted by molar-refractivity contribution is 5.86. The number of aromatic nitrogens is 4. The minimum Gasteiger partial charge on any atom is -0.353 e. The number of aromatic amines is 1. The van der Waals surface area contributed by atoms with E-state index in [0.717, 1.165) is 43.0 Å². The van der Waals surface area contributed by atoms with Crippen molar-refractivity contribution in [2.24, 2.45) is 0 Å². The van der Waals surface area contributed by atoms with Crippen LogP contribution in [-0.2, 0) is 0 Å². The first-order valence-corrected chi connectivity index (χ1v) is 5.05. The van der Waals surface area contributed by atoms with Crippen molar-refractivity contribution >= 4 is 16.9 Å². The lowest BCUT2D eigenvalue weighted by Gasteiger charge is -2.28. The number of nitrogens with zero attached hydrogens (tertiary/aromatic N) is 4. The van der Waals surface area contributed by atoms with Gasteiger partial charge < -0.3 is 10.2 Å². The molecular weight excluding hydrogens is 192 g/mol. The van der Waals surface area contributed by atoms with Crippen LogP contribution in [0.25, 0.3) is 11.0 Å². The lowest BCUT2D eigenvalue weighted by atomic mass is 10.3. The van der Waals surface area contributed by atoms with Gasteiger partial charge in [-0.2, -0.15) is 5.10 Å².